The van der Waals surface area contributed by atoms with Crippen molar-refractivity contribution in [2.75, 3.05) is 49.7 Å². The van der Waals surface area contributed by atoms with E-state index in [4.69, 9.17) is 26.1 Å². The van der Waals surface area contributed by atoms with Gasteiger partial charge in [0, 0.05) is 60.0 Å². The molecular formula is C32H35ClFN7O4S. The van der Waals surface area contributed by atoms with Gasteiger partial charge in [-0.1, -0.05) is 17.7 Å². The lowest BCUT2D eigenvalue weighted by Crippen LogP contribution is -2.42. The number of piperidine rings is 2. The molecule has 0 radical (unpaired) electrons. The van der Waals surface area contributed by atoms with E-state index in [0.717, 1.165) is 31.6 Å². The number of carbonyl (C=O) groups is 2. The van der Waals surface area contributed by atoms with Gasteiger partial charge in [0.2, 0.25) is 5.95 Å². The van der Waals surface area contributed by atoms with Crippen LogP contribution < -0.4 is 15.1 Å². The molecule has 11 nitrogen and oxygen atoms in total. The molecular weight excluding hydrogens is 633 g/mol. The molecule has 3 aliphatic rings. The van der Waals surface area contributed by atoms with Crippen LogP contribution in [0.4, 0.5) is 16.0 Å². The number of allylic oxidation sites excluding steroid dienone is 1. The topological polar surface area (TPSA) is 122 Å². The normalized spacial score (nSPS) is 19.5. The van der Waals surface area contributed by atoms with Crippen LogP contribution in [0.5, 0.6) is 0 Å². The molecule has 0 bridgehead atoms. The van der Waals surface area contributed by atoms with Crippen LogP contribution in [-0.2, 0) is 19.1 Å². The van der Waals surface area contributed by atoms with Crippen molar-refractivity contribution in [2.24, 2.45) is 16.8 Å². The highest BCUT2D eigenvalue weighted by Crippen LogP contribution is 2.40. The average molecular weight is 668 g/mol. The van der Waals surface area contributed by atoms with Crippen LogP contribution in [0, 0.1) is 17.7 Å². The Bertz CT molecular complexity index is 1620. The van der Waals surface area contributed by atoms with Crippen LogP contribution in [0.3, 0.4) is 0 Å². The van der Waals surface area contributed by atoms with Gasteiger partial charge in [0.25, 0.3) is 0 Å². The molecule has 1 aromatic carbocycles. The molecule has 6 rings (SSSR count). The zero-order valence-corrected chi connectivity index (χ0v) is 27.2. The second kappa shape index (κ2) is 14.1. The number of rotatable bonds is 8. The molecule has 1 N–H and O–H groups in total. The highest BCUT2D eigenvalue weighted by molar-refractivity contribution is 7.11. The van der Waals surface area contributed by atoms with Crippen LogP contribution in [0.1, 0.15) is 49.2 Å². The minimum absolute atomic E-state index is 0.0301. The Kier molecular flexibility index (Phi) is 9.78. The highest BCUT2D eigenvalue weighted by atomic mass is 35.5. The number of carbonyl (C=O) groups excluding carboxylic acids is 2. The van der Waals surface area contributed by atoms with Crippen molar-refractivity contribution in [3.63, 3.8) is 0 Å². The number of thiazole rings is 1. The molecule has 14 heteroatoms. The summed E-state index contributed by atoms with van der Waals surface area (Å²) in [6.45, 7) is 5.06. The largest absolute Gasteiger partial charge is 0.466 e. The van der Waals surface area contributed by atoms with Gasteiger partial charge < -0.3 is 24.6 Å². The minimum Gasteiger partial charge on any atom is -0.466 e. The molecule has 3 aromatic rings. The van der Waals surface area contributed by atoms with Crippen molar-refractivity contribution in [3.8, 4) is 0 Å². The van der Waals surface area contributed by atoms with Crippen molar-refractivity contribution in [2.45, 2.75) is 38.6 Å². The molecule has 0 spiro atoms. The summed E-state index contributed by atoms with van der Waals surface area (Å²) in [5.74, 6) is -0.0366. The second-order valence-electron chi connectivity index (χ2n) is 11.3. The van der Waals surface area contributed by atoms with Crippen LogP contribution in [-0.4, -0.2) is 72.6 Å². The van der Waals surface area contributed by atoms with Crippen molar-refractivity contribution >= 4 is 52.3 Å². The first kappa shape index (κ1) is 31.9. The van der Waals surface area contributed by atoms with Gasteiger partial charge in [-0.25, -0.2) is 24.1 Å². The molecule has 0 saturated carbocycles. The number of halogens is 2. The van der Waals surface area contributed by atoms with E-state index in [2.05, 4.69) is 30.1 Å². The molecule has 3 aliphatic heterocycles. The van der Waals surface area contributed by atoms with Gasteiger partial charge in [0.1, 0.15) is 11.9 Å². The molecule has 2 saturated heterocycles. The molecule has 46 heavy (non-hydrogen) atoms. The standard InChI is InChI=1S/C32H35ClFN7O4S/c1-3-45-30(42)20-8-11-40(12-9-20)22-17-36-32(37-18-22)41-13-6-19(7-14-41)26-25(31(43)44-2)27(23-5-4-21(34)16-24(23)33)39-28(38-26)29-35-10-15-46-29/h4-5,10,15-20,27H,3,6-9,11-14H2,1-2H3,(H,38,39). The summed E-state index contributed by atoms with van der Waals surface area (Å²) in [7, 11) is 1.34. The van der Waals surface area contributed by atoms with Crippen LogP contribution in [0.25, 0.3) is 0 Å². The van der Waals surface area contributed by atoms with E-state index in [1.807, 2.05) is 24.7 Å². The number of aromatic nitrogens is 3. The van der Waals surface area contributed by atoms with Crippen molar-refractivity contribution < 1.29 is 23.5 Å². The second-order valence-corrected chi connectivity index (χ2v) is 12.6. The van der Waals surface area contributed by atoms with Gasteiger partial charge >= 0.3 is 11.9 Å². The van der Waals surface area contributed by atoms with E-state index in [1.165, 1.54) is 30.6 Å². The number of ether oxygens (including phenoxy) is 2. The summed E-state index contributed by atoms with van der Waals surface area (Å²) in [6, 6.07) is 3.29. The molecule has 242 valence electrons. The van der Waals surface area contributed by atoms with Crippen molar-refractivity contribution in [1.82, 2.24) is 20.3 Å². The third kappa shape index (κ3) is 6.70. The van der Waals surface area contributed by atoms with Crippen molar-refractivity contribution in [3.05, 3.63) is 74.9 Å². The maximum Gasteiger partial charge on any atom is 0.338 e. The highest BCUT2D eigenvalue weighted by Gasteiger charge is 2.38. The van der Waals surface area contributed by atoms with Gasteiger partial charge in [-0.3, -0.25) is 9.79 Å². The smallest absolute Gasteiger partial charge is 0.338 e. The quantitative estimate of drug-likeness (QED) is 0.331. The van der Waals surface area contributed by atoms with Gasteiger partial charge in [-0.2, -0.15) is 0 Å². The summed E-state index contributed by atoms with van der Waals surface area (Å²) < 4.78 is 24.4. The van der Waals surface area contributed by atoms with E-state index in [0.29, 0.717) is 66.2 Å². The van der Waals surface area contributed by atoms with Gasteiger partial charge in [0.15, 0.2) is 10.8 Å². The number of hydrogen-bond acceptors (Lipinski definition) is 12. The number of aliphatic imine (C=N–C) groups is 1. The zero-order valence-electron chi connectivity index (χ0n) is 25.6. The summed E-state index contributed by atoms with van der Waals surface area (Å²) in [5.41, 5.74) is 2.49. The zero-order chi connectivity index (χ0) is 32.2. The number of anilines is 2. The summed E-state index contributed by atoms with van der Waals surface area (Å²) in [5, 5.41) is 6.11. The fourth-order valence-electron chi connectivity index (χ4n) is 6.26. The summed E-state index contributed by atoms with van der Waals surface area (Å²) in [6.07, 6.45) is 8.29. The molecule has 2 fully saturated rings. The Balaban J connectivity index is 1.19. The predicted octanol–water partition coefficient (Wildman–Crippen LogP) is 4.94. The van der Waals surface area contributed by atoms with Gasteiger partial charge in [0.05, 0.1) is 43.3 Å². The Hall–Kier alpha value is -4.10. The van der Waals surface area contributed by atoms with Crippen LogP contribution in [0.2, 0.25) is 5.02 Å². The third-order valence-corrected chi connectivity index (χ3v) is 9.77. The summed E-state index contributed by atoms with van der Waals surface area (Å²) >= 11 is 7.93. The molecule has 0 amide bonds. The maximum absolute atomic E-state index is 14.0. The first-order chi connectivity index (χ1) is 22.4. The lowest BCUT2D eigenvalue weighted by Gasteiger charge is -2.37. The minimum atomic E-state index is -0.799. The maximum atomic E-state index is 14.0. The first-order valence-electron chi connectivity index (χ1n) is 15.4. The fourth-order valence-corrected chi connectivity index (χ4v) is 7.12. The number of nitrogens with zero attached hydrogens (tertiary/aromatic N) is 6. The monoisotopic (exact) mass is 667 g/mol. The lowest BCUT2D eigenvalue weighted by molar-refractivity contribution is -0.148. The van der Waals surface area contributed by atoms with Crippen LogP contribution in [0.15, 0.2) is 58.4 Å². The molecule has 1 atom stereocenters. The van der Waals surface area contributed by atoms with E-state index in [1.54, 1.807) is 12.3 Å². The van der Waals surface area contributed by atoms with E-state index in [9.17, 15) is 14.0 Å². The first-order valence-corrected chi connectivity index (χ1v) is 16.6. The SMILES string of the molecule is CCOC(=O)C1CCN(c2cnc(N3CCC(C4=C(C(=O)OC)C(c5ccc(F)cc5Cl)N=C(c5nccs5)N4)CC3)nc2)CC1. The van der Waals surface area contributed by atoms with Crippen molar-refractivity contribution in [1.29, 1.82) is 0 Å². The third-order valence-electron chi connectivity index (χ3n) is 8.66. The van der Waals surface area contributed by atoms with E-state index >= 15 is 0 Å². The number of benzene rings is 1. The Labute approximate surface area is 275 Å². The number of methoxy groups -OCH3 is 1. The predicted molar refractivity (Wildman–Crippen MR) is 174 cm³/mol. The number of hydrogen-bond donors (Lipinski definition) is 1. The number of esters is 2. The fraction of sp³-hybridized carbons (Fsp3) is 0.438. The Morgan fingerprint density at radius 1 is 1.07 bits per heavy atom. The lowest BCUT2D eigenvalue weighted by atomic mass is 9.85. The molecule has 5 heterocycles. The van der Waals surface area contributed by atoms with Crippen LogP contribution >= 0.6 is 22.9 Å². The van der Waals surface area contributed by atoms with E-state index in [-0.39, 0.29) is 22.8 Å². The number of amidine groups is 1. The average Bonchev–Trinajstić information content (AvgIpc) is 3.63. The van der Waals surface area contributed by atoms with E-state index < -0.39 is 17.8 Å². The summed E-state index contributed by atoms with van der Waals surface area (Å²) in [4.78, 5) is 48.4. The molecule has 2 aromatic heterocycles. The number of nitrogens with one attached hydrogen (secondary N) is 1. The molecule has 1 unspecified atom stereocenters. The van der Waals surface area contributed by atoms with Gasteiger partial charge in [-0.05, 0) is 44.7 Å². The Morgan fingerprint density at radius 2 is 1.78 bits per heavy atom. The van der Waals surface area contributed by atoms with Gasteiger partial charge in [-0.15, -0.1) is 11.3 Å². The Morgan fingerprint density at radius 3 is 2.41 bits per heavy atom. The molecule has 0 aliphatic carbocycles.